The smallest absolute Gasteiger partial charge is 0.154 e. The second-order valence-electron chi connectivity index (χ2n) is 5.14. The fourth-order valence-electron chi connectivity index (χ4n) is 1.89. The molecular formula is C14H18NS+. The molecule has 0 unspecified atom stereocenters. The Kier molecular flexibility index (Phi) is 2.85. The van der Waals surface area contributed by atoms with E-state index in [2.05, 4.69) is 67.4 Å². The van der Waals surface area contributed by atoms with E-state index < -0.39 is 0 Å². The van der Waals surface area contributed by atoms with Gasteiger partial charge in [0.25, 0.3) is 0 Å². The van der Waals surface area contributed by atoms with Crippen LogP contribution in [0, 0.1) is 6.92 Å². The molecule has 1 aromatic heterocycles. The molecule has 2 heteroatoms. The molecule has 0 atom stereocenters. The predicted molar refractivity (Wildman–Crippen MR) is 69.3 cm³/mol. The van der Waals surface area contributed by atoms with Crippen molar-refractivity contribution in [2.24, 2.45) is 0 Å². The van der Waals surface area contributed by atoms with Crippen LogP contribution < -0.4 is 4.57 Å². The van der Waals surface area contributed by atoms with Crippen LogP contribution in [0.25, 0.3) is 5.69 Å². The molecule has 0 aliphatic heterocycles. The third-order valence-corrected chi connectivity index (χ3v) is 3.57. The van der Waals surface area contributed by atoms with E-state index >= 15 is 0 Å². The molecule has 0 N–H and O–H groups in total. The molecular weight excluding hydrogens is 214 g/mol. The Balaban J connectivity index is 2.62. The second kappa shape index (κ2) is 4.02. The van der Waals surface area contributed by atoms with E-state index in [1.165, 1.54) is 16.9 Å². The fourth-order valence-corrected chi connectivity index (χ4v) is 2.67. The molecule has 0 saturated heterocycles. The maximum Gasteiger partial charge on any atom is 0.230 e. The topological polar surface area (TPSA) is 3.88 Å². The van der Waals surface area contributed by atoms with Crippen molar-refractivity contribution in [2.45, 2.75) is 33.1 Å². The minimum atomic E-state index is 0.179. The van der Waals surface area contributed by atoms with E-state index in [9.17, 15) is 0 Å². The first-order valence-electron chi connectivity index (χ1n) is 5.54. The number of aromatic nitrogens is 1. The van der Waals surface area contributed by atoms with Crippen molar-refractivity contribution in [1.82, 2.24) is 0 Å². The normalized spacial score (nSPS) is 11.8. The van der Waals surface area contributed by atoms with Crippen LogP contribution in [0.1, 0.15) is 32.0 Å². The number of nitrogens with zero attached hydrogens (tertiary/aromatic N) is 1. The average Bonchev–Trinajstić information content (AvgIpc) is 2.63. The average molecular weight is 232 g/mol. The summed E-state index contributed by atoms with van der Waals surface area (Å²) in [5, 5.41) is 2.18. The van der Waals surface area contributed by atoms with E-state index in [1.807, 2.05) is 0 Å². The van der Waals surface area contributed by atoms with Crippen LogP contribution in [0.4, 0.5) is 0 Å². The maximum atomic E-state index is 2.27. The van der Waals surface area contributed by atoms with Gasteiger partial charge in [-0.3, -0.25) is 0 Å². The first-order chi connectivity index (χ1) is 7.50. The van der Waals surface area contributed by atoms with Crippen LogP contribution in [0.15, 0.2) is 35.2 Å². The molecule has 2 aromatic rings. The molecule has 0 aliphatic rings. The van der Waals surface area contributed by atoms with Gasteiger partial charge in [-0.05, 0) is 5.41 Å². The number of aryl methyl sites for hydroxylation is 1. The quantitative estimate of drug-likeness (QED) is 0.661. The Morgan fingerprint density at radius 3 is 2.38 bits per heavy atom. The van der Waals surface area contributed by atoms with E-state index in [-0.39, 0.29) is 5.41 Å². The number of hydrogen-bond acceptors (Lipinski definition) is 1. The standard InChI is InChI=1S/C14H18NS/c1-11-9-16-10-15(11)13-8-6-5-7-12(13)14(2,3)4/h5-10H,1-4H3/q+1. The lowest BCUT2D eigenvalue weighted by atomic mass is 9.86. The van der Waals surface area contributed by atoms with Crippen LogP contribution in [0.2, 0.25) is 0 Å². The summed E-state index contributed by atoms with van der Waals surface area (Å²) in [6.45, 7) is 8.92. The molecule has 2 rings (SSSR count). The van der Waals surface area contributed by atoms with E-state index in [1.54, 1.807) is 11.3 Å². The van der Waals surface area contributed by atoms with E-state index in [0.717, 1.165) is 0 Å². The molecule has 1 heterocycles. The number of benzene rings is 1. The summed E-state index contributed by atoms with van der Waals surface area (Å²) in [6.07, 6.45) is 0. The molecule has 0 bridgehead atoms. The van der Waals surface area contributed by atoms with Crippen molar-refractivity contribution >= 4 is 11.3 Å². The Labute approximate surface area is 101 Å². The number of para-hydroxylation sites is 1. The molecule has 16 heavy (non-hydrogen) atoms. The van der Waals surface area contributed by atoms with Gasteiger partial charge in [0.05, 0.1) is 5.38 Å². The highest BCUT2D eigenvalue weighted by atomic mass is 32.1. The van der Waals surface area contributed by atoms with Crippen molar-refractivity contribution < 1.29 is 4.57 Å². The molecule has 0 spiro atoms. The van der Waals surface area contributed by atoms with Crippen molar-refractivity contribution in [3.8, 4) is 5.69 Å². The third kappa shape index (κ3) is 2.03. The summed E-state index contributed by atoms with van der Waals surface area (Å²) < 4.78 is 2.27. The second-order valence-corrected chi connectivity index (χ2v) is 5.86. The number of rotatable bonds is 1. The van der Waals surface area contributed by atoms with Gasteiger partial charge >= 0.3 is 0 Å². The summed E-state index contributed by atoms with van der Waals surface area (Å²) in [4.78, 5) is 0. The first kappa shape index (κ1) is 11.3. The number of thiazole rings is 1. The van der Waals surface area contributed by atoms with Crippen LogP contribution in [-0.4, -0.2) is 0 Å². The SMILES string of the molecule is Cc1csc[n+]1-c1ccccc1C(C)(C)C. The van der Waals surface area contributed by atoms with Gasteiger partial charge in [0.15, 0.2) is 5.69 Å². The zero-order valence-corrected chi connectivity index (χ0v) is 11.1. The summed E-state index contributed by atoms with van der Waals surface area (Å²) in [6, 6.07) is 8.64. The highest BCUT2D eigenvalue weighted by molar-refractivity contribution is 7.07. The lowest BCUT2D eigenvalue weighted by molar-refractivity contribution is -0.597. The monoisotopic (exact) mass is 232 g/mol. The van der Waals surface area contributed by atoms with Gasteiger partial charge in [-0.15, -0.1) is 0 Å². The molecule has 0 fully saturated rings. The Bertz CT molecular complexity index is 491. The Hall–Kier alpha value is -1.15. The molecule has 1 nitrogen and oxygen atoms in total. The van der Waals surface area contributed by atoms with Gasteiger partial charge in [0, 0.05) is 18.6 Å². The lowest BCUT2D eigenvalue weighted by Crippen LogP contribution is -2.34. The van der Waals surface area contributed by atoms with Gasteiger partial charge in [-0.2, -0.15) is 4.57 Å². The summed E-state index contributed by atoms with van der Waals surface area (Å²) in [7, 11) is 0. The molecule has 0 radical (unpaired) electrons. The van der Waals surface area contributed by atoms with Gasteiger partial charge in [-0.25, -0.2) is 0 Å². The molecule has 84 valence electrons. The van der Waals surface area contributed by atoms with E-state index in [0.29, 0.717) is 0 Å². The van der Waals surface area contributed by atoms with Crippen LogP contribution in [0.5, 0.6) is 0 Å². The van der Waals surface area contributed by atoms with Gasteiger partial charge in [0.2, 0.25) is 11.2 Å². The predicted octanol–water partition coefficient (Wildman–Crippen LogP) is 3.63. The summed E-state index contributed by atoms with van der Waals surface area (Å²) >= 11 is 1.74. The highest BCUT2D eigenvalue weighted by Crippen LogP contribution is 2.26. The summed E-state index contributed by atoms with van der Waals surface area (Å²) in [5.41, 5.74) is 6.33. The highest BCUT2D eigenvalue weighted by Gasteiger charge is 2.24. The molecule has 0 amide bonds. The Morgan fingerprint density at radius 2 is 1.81 bits per heavy atom. The Morgan fingerprint density at radius 1 is 1.12 bits per heavy atom. The molecule has 0 saturated carbocycles. The fraction of sp³-hybridized carbons (Fsp3) is 0.357. The van der Waals surface area contributed by atoms with Crippen molar-refractivity contribution in [3.05, 3.63) is 46.4 Å². The van der Waals surface area contributed by atoms with Crippen LogP contribution >= 0.6 is 11.3 Å². The number of hydrogen-bond donors (Lipinski definition) is 0. The van der Waals surface area contributed by atoms with E-state index in [4.69, 9.17) is 0 Å². The largest absolute Gasteiger partial charge is 0.230 e. The van der Waals surface area contributed by atoms with Crippen molar-refractivity contribution in [3.63, 3.8) is 0 Å². The zero-order chi connectivity index (χ0) is 11.8. The van der Waals surface area contributed by atoms with Crippen molar-refractivity contribution in [2.75, 3.05) is 0 Å². The molecule has 1 aromatic carbocycles. The van der Waals surface area contributed by atoms with Crippen LogP contribution in [0.3, 0.4) is 0 Å². The minimum Gasteiger partial charge on any atom is -0.154 e. The summed E-state index contributed by atoms with van der Waals surface area (Å²) in [5.74, 6) is 0. The van der Waals surface area contributed by atoms with Gasteiger partial charge < -0.3 is 0 Å². The van der Waals surface area contributed by atoms with Gasteiger partial charge in [-0.1, -0.05) is 50.3 Å². The van der Waals surface area contributed by atoms with Crippen LogP contribution in [-0.2, 0) is 5.41 Å². The maximum absolute atomic E-state index is 2.27. The van der Waals surface area contributed by atoms with Crippen molar-refractivity contribution in [1.29, 1.82) is 0 Å². The lowest BCUT2D eigenvalue weighted by Gasteiger charge is -2.19. The first-order valence-corrected chi connectivity index (χ1v) is 6.49. The van der Waals surface area contributed by atoms with Gasteiger partial charge in [0.1, 0.15) is 0 Å². The minimum absolute atomic E-state index is 0.179. The zero-order valence-electron chi connectivity index (χ0n) is 10.3. The molecule has 0 aliphatic carbocycles. The third-order valence-electron chi connectivity index (χ3n) is 2.76.